The number of H-pyrrole nitrogens is 1. The zero-order chi connectivity index (χ0) is 13.7. The van der Waals surface area contributed by atoms with Gasteiger partial charge in [0.2, 0.25) is 5.82 Å². The highest BCUT2D eigenvalue weighted by Gasteiger charge is 2.25. The Kier molecular flexibility index (Phi) is 4.86. The first-order chi connectivity index (χ1) is 9.20. The molecule has 1 aliphatic rings. The number of ether oxygens (including phenoxy) is 1. The molecule has 0 aliphatic carbocycles. The molecule has 7 heteroatoms. The minimum atomic E-state index is -0.104. The summed E-state index contributed by atoms with van der Waals surface area (Å²) in [5.74, 6) is 0.721. The summed E-state index contributed by atoms with van der Waals surface area (Å²) in [6, 6.07) is 0. The molecule has 1 saturated heterocycles. The molecule has 1 aliphatic heterocycles. The quantitative estimate of drug-likeness (QED) is 0.775. The Morgan fingerprint density at radius 2 is 2.53 bits per heavy atom. The van der Waals surface area contributed by atoms with Crippen molar-refractivity contribution in [2.75, 3.05) is 46.9 Å². The largest absolute Gasteiger partial charge is 0.383 e. The Morgan fingerprint density at radius 3 is 3.21 bits per heavy atom. The van der Waals surface area contributed by atoms with Gasteiger partial charge in [-0.05, 0) is 18.9 Å². The fourth-order valence-corrected chi connectivity index (χ4v) is 2.44. The number of nitrogens with zero attached hydrogens (tertiary/aromatic N) is 4. The SMILES string of the molecule is COCCN1CC[C@H](CN(C)C(=O)c2ncn[nH]2)C1. The van der Waals surface area contributed by atoms with Crippen LogP contribution in [0.25, 0.3) is 0 Å². The Hall–Kier alpha value is -1.47. The second-order valence-corrected chi connectivity index (χ2v) is 4.97. The van der Waals surface area contributed by atoms with Gasteiger partial charge in [-0.2, -0.15) is 5.10 Å². The van der Waals surface area contributed by atoms with E-state index >= 15 is 0 Å². The molecule has 0 radical (unpaired) electrons. The molecule has 0 spiro atoms. The van der Waals surface area contributed by atoms with Gasteiger partial charge in [0.1, 0.15) is 6.33 Å². The van der Waals surface area contributed by atoms with Crippen LogP contribution in [0.4, 0.5) is 0 Å². The fourth-order valence-electron chi connectivity index (χ4n) is 2.44. The lowest BCUT2D eigenvalue weighted by Crippen LogP contribution is -2.34. The zero-order valence-corrected chi connectivity index (χ0v) is 11.5. The van der Waals surface area contributed by atoms with Crippen molar-refractivity contribution in [3.63, 3.8) is 0 Å². The lowest BCUT2D eigenvalue weighted by Gasteiger charge is -2.20. The van der Waals surface area contributed by atoms with E-state index in [1.54, 1.807) is 12.0 Å². The smallest absolute Gasteiger partial charge is 0.290 e. The highest BCUT2D eigenvalue weighted by Crippen LogP contribution is 2.17. The van der Waals surface area contributed by atoms with E-state index in [2.05, 4.69) is 20.1 Å². The van der Waals surface area contributed by atoms with Crippen LogP contribution in [0.2, 0.25) is 0 Å². The summed E-state index contributed by atoms with van der Waals surface area (Å²) in [7, 11) is 3.53. The van der Waals surface area contributed by atoms with Gasteiger partial charge in [0.25, 0.3) is 5.91 Å². The summed E-state index contributed by atoms with van der Waals surface area (Å²) in [6.07, 6.45) is 2.47. The van der Waals surface area contributed by atoms with Crippen LogP contribution in [0.1, 0.15) is 17.0 Å². The van der Waals surface area contributed by atoms with Crippen molar-refractivity contribution in [1.29, 1.82) is 0 Å². The van der Waals surface area contributed by atoms with Crippen molar-refractivity contribution in [2.45, 2.75) is 6.42 Å². The molecule has 1 atom stereocenters. The molecule has 1 aromatic rings. The minimum Gasteiger partial charge on any atom is -0.383 e. The molecule has 1 amide bonds. The molecule has 2 rings (SSSR count). The molecular formula is C12H21N5O2. The Morgan fingerprint density at radius 1 is 1.68 bits per heavy atom. The van der Waals surface area contributed by atoms with Crippen molar-refractivity contribution in [3.8, 4) is 0 Å². The van der Waals surface area contributed by atoms with E-state index in [1.807, 2.05) is 7.05 Å². The highest BCUT2D eigenvalue weighted by atomic mass is 16.5. The van der Waals surface area contributed by atoms with Gasteiger partial charge in [0.15, 0.2) is 0 Å². The number of hydrogen-bond donors (Lipinski definition) is 1. The Labute approximate surface area is 112 Å². The lowest BCUT2D eigenvalue weighted by molar-refractivity contribution is 0.0760. The van der Waals surface area contributed by atoms with Crippen molar-refractivity contribution in [1.82, 2.24) is 25.0 Å². The standard InChI is InChI=1S/C12H21N5O2/c1-16(12(18)11-13-9-14-15-11)7-10-3-4-17(8-10)5-6-19-2/h9-10H,3-8H2,1-2H3,(H,13,14,15)/t10-/m1/s1. The molecule has 1 aromatic heterocycles. The van der Waals surface area contributed by atoms with Crippen LogP contribution >= 0.6 is 0 Å². The predicted octanol–water partition coefficient (Wildman–Crippen LogP) is -0.155. The molecule has 106 valence electrons. The van der Waals surface area contributed by atoms with E-state index in [0.717, 1.165) is 39.2 Å². The van der Waals surface area contributed by atoms with Gasteiger partial charge in [0.05, 0.1) is 6.61 Å². The third-order valence-corrected chi connectivity index (χ3v) is 3.48. The van der Waals surface area contributed by atoms with Gasteiger partial charge >= 0.3 is 0 Å². The van der Waals surface area contributed by atoms with Crippen LogP contribution in [-0.2, 0) is 4.74 Å². The summed E-state index contributed by atoms with van der Waals surface area (Å²) in [4.78, 5) is 20.0. The molecule has 0 aromatic carbocycles. The average molecular weight is 267 g/mol. The number of hydrogen-bond acceptors (Lipinski definition) is 5. The van der Waals surface area contributed by atoms with Crippen LogP contribution in [0.3, 0.4) is 0 Å². The third kappa shape index (κ3) is 3.74. The summed E-state index contributed by atoms with van der Waals surface area (Å²) < 4.78 is 5.08. The van der Waals surface area contributed by atoms with Crippen molar-refractivity contribution >= 4 is 5.91 Å². The maximum Gasteiger partial charge on any atom is 0.290 e. The van der Waals surface area contributed by atoms with Gasteiger partial charge in [-0.25, -0.2) is 4.98 Å². The summed E-state index contributed by atoms with van der Waals surface area (Å²) in [5.41, 5.74) is 0. The van der Waals surface area contributed by atoms with E-state index < -0.39 is 0 Å². The molecule has 7 nitrogen and oxygen atoms in total. The first-order valence-corrected chi connectivity index (χ1v) is 6.53. The van der Waals surface area contributed by atoms with Gasteiger partial charge in [-0.15, -0.1) is 0 Å². The van der Waals surface area contributed by atoms with Crippen molar-refractivity contribution < 1.29 is 9.53 Å². The minimum absolute atomic E-state index is 0.104. The van der Waals surface area contributed by atoms with Crippen LogP contribution < -0.4 is 0 Å². The average Bonchev–Trinajstić information content (AvgIpc) is 3.06. The number of likely N-dealkylation sites (tertiary alicyclic amines) is 1. The number of aromatic nitrogens is 3. The number of amides is 1. The fraction of sp³-hybridized carbons (Fsp3) is 0.750. The molecule has 0 bridgehead atoms. The maximum atomic E-state index is 12.0. The summed E-state index contributed by atoms with van der Waals surface area (Å²) >= 11 is 0. The Bertz CT molecular complexity index is 395. The van der Waals surface area contributed by atoms with Crippen molar-refractivity contribution in [2.24, 2.45) is 5.92 Å². The number of methoxy groups -OCH3 is 1. The van der Waals surface area contributed by atoms with Gasteiger partial charge in [-0.3, -0.25) is 9.89 Å². The first-order valence-electron chi connectivity index (χ1n) is 6.53. The third-order valence-electron chi connectivity index (χ3n) is 3.48. The second-order valence-electron chi connectivity index (χ2n) is 4.97. The molecule has 0 unspecified atom stereocenters. The molecular weight excluding hydrogens is 246 g/mol. The van der Waals surface area contributed by atoms with E-state index in [-0.39, 0.29) is 5.91 Å². The predicted molar refractivity (Wildman–Crippen MR) is 69.8 cm³/mol. The summed E-state index contributed by atoms with van der Waals surface area (Å²) in [6.45, 7) is 4.59. The van der Waals surface area contributed by atoms with Gasteiger partial charge in [-0.1, -0.05) is 0 Å². The number of carbonyl (C=O) groups is 1. The Balaban J connectivity index is 1.77. The number of carbonyl (C=O) groups excluding carboxylic acids is 1. The van der Waals surface area contributed by atoms with Crippen LogP contribution in [0.5, 0.6) is 0 Å². The highest BCUT2D eigenvalue weighted by molar-refractivity contribution is 5.90. The number of nitrogens with one attached hydrogen (secondary N) is 1. The monoisotopic (exact) mass is 267 g/mol. The number of rotatable bonds is 6. The van der Waals surface area contributed by atoms with Crippen LogP contribution in [0.15, 0.2) is 6.33 Å². The zero-order valence-electron chi connectivity index (χ0n) is 11.5. The molecule has 1 fully saturated rings. The first kappa shape index (κ1) is 14.0. The van der Waals surface area contributed by atoms with E-state index in [4.69, 9.17) is 4.74 Å². The lowest BCUT2D eigenvalue weighted by atomic mass is 10.1. The normalized spacial score (nSPS) is 19.8. The summed E-state index contributed by atoms with van der Waals surface area (Å²) in [5, 5.41) is 6.30. The van der Waals surface area contributed by atoms with E-state index in [0.29, 0.717) is 11.7 Å². The van der Waals surface area contributed by atoms with E-state index in [1.165, 1.54) is 6.33 Å². The van der Waals surface area contributed by atoms with Gasteiger partial charge in [0, 0.05) is 33.8 Å². The van der Waals surface area contributed by atoms with E-state index in [9.17, 15) is 4.79 Å². The van der Waals surface area contributed by atoms with Gasteiger partial charge < -0.3 is 14.5 Å². The topological polar surface area (TPSA) is 74.3 Å². The number of aromatic amines is 1. The van der Waals surface area contributed by atoms with Crippen molar-refractivity contribution in [3.05, 3.63) is 12.2 Å². The molecule has 2 heterocycles. The molecule has 19 heavy (non-hydrogen) atoms. The van der Waals surface area contributed by atoms with Crippen LogP contribution in [0, 0.1) is 5.92 Å². The molecule has 0 saturated carbocycles. The maximum absolute atomic E-state index is 12.0. The second kappa shape index (κ2) is 6.63. The van der Waals surface area contributed by atoms with Crippen LogP contribution in [-0.4, -0.2) is 77.8 Å². The molecule has 1 N–H and O–H groups in total.